The molecule has 2 aromatic rings. The molecular formula is C26H36FN7O3. The highest BCUT2D eigenvalue weighted by atomic mass is 19.1. The van der Waals surface area contributed by atoms with Gasteiger partial charge in [0.15, 0.2) is 5.82 Å². The maximum Gasteiger partial charge on any atom is 0.321 e. The predicted molar refractivity (Wildman–Crippen MR) is 135 cm³/mol. The molecule has 0 saturated carbocycles. The number of amides is 3. The van der Waals surface area contributed by atoms with E-state index in [0.717, 1.165) is 56.6 Å². The van der Waals surface area contributed by atoms with Crippen LogP contribution < -0.4 is 5.32 Å². The molecule has 2 saturated heterocycles. The number of aromatic nitrogens is 3. The third-order valence-electron chi connectivity index (χ3n) is 8.09. The summed E-state index contributed by atoms with van der Waals surface area (Å²) in [6.07, 6.45) is 3.20. The average Bonchev–Trinajstić information content (AvgIpc) is 3.39. The molecule has 5 heterocycles. The standard InChI is InChI=1S/C26H36FN7O3/c1-16-13-33(17(2)12-32(16)14-18-7-9-37-10-8-18)25(36)34-15-20-22(26(34,3)4)30-31-23(20)29-24(35)21-6-5-19(27)11-28-21/h5-6,11,16-18H,7-10,12-15H2,1-4H3,(H2,29,30,31,35)/t16-,17+/m1/s1. The van der Waals surface area contributed by atoms with Gasteiger partial charge >= 0.3 is 6.03 Å². The average molecular weight is 514 g/mol. The minimum atomic E-state index is -0.626. The second-order valence-electron chi connectivity index (χ2n) is 11.0. The highest BCUT2D eigenvalue weighted by molar-refractivity contribution is 6.02. The van der Waals surface area contributed by atoms with Gasteiger partial charge in [0, 0.05) is 50.5 Å². The van der Waals surface area contributed by atoms with E-state index >= 15 is 0 Å². The maximum absolute atomic E-state index is 13.9. The molecule has 3 aliphatic heterocycles. The molecule has 0 aliphatic carbocycles. The van der Waals surface area contributed by atoms with Crippen molar-refractivity contribution in [3.05, 3.63) is 41.1 Å². The highest BCUT2D eigenvalue weighted by Gasteiger charge is 2.47. The monoisotopic (exact) mass is 513 g/mol. The van der Waals surface area contributed by atoms with Gasteiger partial charge in [-0.1, -0.05) is 0 Å². The largest absolute Gasteiger partial charge is 0.381 e. The van der Waals surface area contributed by atoms with Gasteiger partial charge in [-0.05, 0) is 58.6 Å². The second-order valence-corrected chi connectivity index (χ2v) is 11.0. The van der Waals surface area contributed by atoms with Gasteiger partial charge in [-0.2, -0.15) is 5.10 Å². The van der Waals surface area contributed by atoms with Crippen LogP contribution >= 0.6 is 0 Å². The summed E-state index contributed by atoms with van der Waals surface area (Å²) < 4.78 is 18.7. The maximum atomic E-state index is 13.9. The minimum absolute atomic E-state index is 0.0165. The van der Waals surface area contributed by atoms with Crippen LogP contribution in [-0.4, -0.2) is 86.8 Å². The van der Waals surface area contributed by atoms with Crippen molar-refractivity contribution < 1.29 is 18.7 Å². The Morgan fingerprint density at radius 2 is 1.95 bits per heavy atom. The Balaban J connectivity index is 1.26. The molecule has 3 amide bonds. The molecule has 2 aromatic heterocycles. The number of nitrogens with zero attached hydrogens (tertiary/aromatic N) is 5. The van der Waals surface area contributed by atoms with Crippen LogP contribution in [0.15, 0.2) is 18.3 Å². The van der Waals surface area contributed by atoms with Crippen LogP contribution in [0.5, 0.6) is 0 Å². The summed E-state index contributed by atoms with van der Waals surface area (Å²) in [4.78, 5) is 36.7. The van der Waals surface area contributed by atoms with Gasteiger partial charge < -0.3 is 19.9 Å². The van der Waals surface area contributed by atoms with Gasteiger partial charge in [-0.25, -0.2) is 14.2 Å². The third-order valence-corrected chi connectivity index (χ3v) is 8.09. The van der Waals surface area contributed by atoms with E-state index < -0.39 is 17.3 Å². The molecule has 0 unspecified atom stereocenters. The van der Waals surface area contributed by atoms with E-state index in [1.807, 2.05) is 23.6 Å². The van der Waals surface area contributed by atoms with E-state index in [1.165, 1.54) is 12.1 Å². The Bertz CT molecular complexity index is 1150. The fourth-order valence-electron chi connectivity index (χ4n) is 5.74. The van der Waals surface area contributed by atoms with Crippen molar-refractivity contribution in [1.82, 2.24) is 29.9 Å². The van der Waals surface area contributed by atoms with E-state index in [4.69, 9.17) is 4.74 Å². The van der Waals surface area contributed by atoms with Gasteiger partial charge in [0.1, 0.15) is 11.5 Å². The molecule has 0 aromatic carbocycles. The van der Waals surface area contributed by atoms with E-state index in [-0.39, 0.29) is 23.8 Å². The Kier molecular flexibility index (Phi) is 6.93. The number of anilines is 1. The van der Waals surface area contributed by atoms with Crippen LogP contribution in [0.1, 0.15) is 62.3 Å². The van der Waals surface area contributed by atoms with Crippen LogP contribution in [0, 0.1) is 11.7 Å². The van der Waals surface area contributed by atoms with Gasteiger partial charge in [-0.15, -0.1) is 0 Å². The number of halogens is 1. The van der Waals surface area contributed by atoms with Crippen LogP contribution in [0.2, 0.25) is 0 Å². The normalized spacial score (nSPS) is 24.2. The number of ether oxygens (including phenoxy) is 1. The molecule has 5 rings (SSSR count). The molecule has 2 N–H and O–H groups in total. The topological polar surface area (TPSA) is 107 Å². The summed E-state index contributed by atoms with van der Waals surface area (Å²) in [6.45, 7) is 12.9. The van der Waals surface area contributed by atoms with Crippen LogP contribution in [0.4, 0.5) is 15.0 Å². The summed E-state index contributed by atoms with van der Waals surface area (Å²) in [7, 11) is 0. The molecule has 2 fully saturated rings. The summed E-state index contributed by atoms with van der Waals surface area (Å²) >= 11 is 0. The van der Waals surface area contributed by atoms with Crippen molar-refractivity contribution in [3.63, 3.8) is 0 Å². The predicted octanol–water partition coefficient (Wildman–Crippen LogP) is 3.19. The smallest absolute Gasteiger partial charge is 0.321 e. The lowest BCUT2D eigenvalue weighted by Gasteiger charge is -2.47. The lowest BCUT2D eigenvalue weighted by atomic mass is 9.97. The van der Waals surface area contributed by atoms with Crippen molar-refractivity contribution in [3.8, 4) is 0 Å². The molecule has 10 nitrogen and oxygen atoms in total. The van der Waals surface area contributed by atoms with Crippen molar-refractivity contribution in [2.75, 3.05) is 38.2 Å². The Hall–Kier alpha value is -3.05. The molecule has 11 heteroatoms. The summed E-state index contributed by atoms with van der Waals surface area (Å²) in [5, 5.41) is 10.1. The fourth-order valence-corrected chi connectivity index (χ4v) is 5.74. The summed E-state index contributed by atoms with van der Waals surface area (Å²) in [5.74, 6) is 0.0118. The van der Waals surface area contributed by atoms with Crippen molar-refractivity contribution in [2.24, 2.45) is 5.92 Å². The second kappa shape index (κ2) is 10.0. The molecular weight excluding hydrogens is 477 g/mol. The van der Waals surface area contributed by atoms with Gasteiger partial charge in [0.25, 0.3) is 5.91 Å². The zero-order chi connectivity index (χ0) is 26.3. The zero-order valence-electron chi connectivity index (χ0n) is 22.0. The van der Waals surface area contributed by atoms with Crippen LogP contribution in [-0.2, 0) is 16.8 Å². The van der Waals surface area contributed by atoms with E-state index in [2.05, 4.69) is 39.2 Å². The van der Waals surface area contributed by atoms with Crippen molar-refractivity contribution >= 4 is 17.8 Å². The Morgan fingerprint density at radius 3 is 2.65 bits per heavy atom. The lowest BCUT2D eigenvalue weighted by molar-refractivity contribution is 0.00882. The van der Waals surface area contributed by atoms with Gasteiger partial charge in [0.2, 0.25) is 0 Å². The minimum Gasteiger partial charge on any atom is -0.381 e. The van der Waals surface area contributed by atoms with E-state index in [9.17, 15) is 14.0 Å². The number of carbonyl (C=O) groups excluding carboxylic acids is 2. The number of fused-ring (bicyclic) bond motifs is 1. The highest BCUT2D eigenvalue weighted by Crippen LogP contribution is 2.41. The SMILES string of the molecule is C[C@@H]1CN(C(=O)N2Cc3c(NC(=O)c4ccc(F)cn4)n[nH]c3C2(C)C)[C@@H](C)CN1CC1CCOCC1. The summed E-state index contributed by atoms with van der Waals surface area (Å²) in [5.41, 5.74) is 1.03. The number of piperazine rings is 1. The number of nitrogens with one attached hydrogen (secondary N) is 2. The molecule has 0 radical (unpaired) electrons. The first kappa shape index (κ1) is 25.6. The van der Waals surface area contributed by atoms with E-state index in [1.54, 1.807) is 0 Å². The van der Waals surface area contributed by atoms with Crippen molar-refractivity contribution in [1.29, 1.82) is 0 Å². The van der Waals surface area contributed by atoms with Crippen LogP contribution in [0.3, 0.4) is 0 Å². The first-order valence-corrected chi connectivity index (χ1v) is 13.1. The molecule has 200 valence electrons. The first-order valence-electron chi connectivity index (χ1n) is 13.1. The van der Waals surface area contributed by atoms with Crippen molar-refractivity contribution in [2.45, 2.75) is 64.7 Å². The Labute approximate surface area is 216 Å². The number of carbonyl (C=O) groups is 2. The zero-order valence-corrected chi connectivity index (χ0v) is 22.0. The Morgan fingerprint density at radius 1 is 1.19 bits per heavy atom. The molecule has 2 atom stereocenters. The van der Waals surface area contributed by atoms with E-state index in [0.29, 0.717) is 24.8 Å². The molecule has 0 spiro atoms. The number of pyridine rings is 1. The molecule has 3 aliphatic rings. The number of hydrogen-bond acceptors (Lipinski definition) is 6. The number of urea groups is 1. The number of rotatable bonds is 4. The van der Waals surface area contributed by atoms with Gasteiger partial charge in [0.05, 0.1) is 24.0 Å². The van der Waals surface area contributed by atoms with Gasteiger partial charge in [-0.3, -0.25) is 14.8 Å². The number of aromatic amines is 1. The summed E-state index contributed by atoms with van der Waals surface area (Å²) in [6, 6.07) is 2.84. The molecule has 37 heavy (non-hydrogen) atoms. The number of H-pyrrole nitrogens is 1. The quantitative estimate of drug-likeness (QED) is 0.651. The third kappa shape index (κ3) is 4.94. The number of hydrogen-bond donors (Lipinski definition) is 2. The van der Waals surface area contributed by atoms with Crippen LogP contribution in [0.25, 0.3) is 0 Å². The first-order chi connectivity index (χ1) is 17.6. The lowest BCUT2D eigenvalue weighted by Crippen LogP contribution is -2.62. The fraction of sp³-hybridized carbons (Fsp3) is 0.615. The molecule has 0 bridgehead atoms.